The van der Waals surface area contributed by atoms with Crippen LogP contribution in [0.3, 0.4) is 0 Å². The van der Waals surface area contributed by atoms with Crippen molar-refractivity contribution in [2.75, 3.05) is 5.43 Å². The Hall–Kier alpha value is -4.69. The number of hydrazone groups is 1. The summed E-state index contributed by atoms with van der Waals surface area (Å²) in [4.78, 5) is 30.6. The van der Waals surface area contributed by atoms with E-state index < -0.39 is 10.5 Å². The molecular formula is C23H16N6O4S. The molecule has 0 atom stereocenters. The normalized spacial score (nSPS) is 10.8. The highest BCUT2D eigenvalue weighted by Crippen LogP contribution is 2.28. The number of nitriles is 1. The number of nitro benzene ring substituents is 1. The molecule has 10 nitrogen and oxygen atoms in total. The predicted molar refractivity (Wildman–Crippen MR) is 128 cm³/mol. The van der Waals surface area contributed by atoms with Crippen LogP contribution in [0.2, 0.25) is 0 Å². The molecule has 2 heterocycles. The third-order valence-electron chi connectivity index (χ3n) is 4.61. The van der Waals surface area contributed by atoms with Gasteiger partial charge in [0.2, 0.25) is 5.95 Å². The lowest BCUT2D eigenvalue weighted by atomic mass is 10.1. The van der Waals surface area contributed by atoms with E-state index in [4.69, 9.17) is 4.42 Å². The first-order chi connectivity index (χ1) is 16.5. The maximum atomic E-state index is 12.4. The topological polar surface area (TPSA) is 150 Å². The van der Waals surface area contributed by atoms with Crippen molar-refractivity contribution in [3.8, 4) is 17.3 Å². The molecule has 0 saturated heterocycles. The number of non-ortho nitro benzene ring substituents is 1. The van der Waals surface area contributed by atoms with Crippen LogP contribution in [0.15, 0.2) is 86.1 Å². The summed E-state index contributed by atoms with van der Waals surface area (Å²) in [5.74, 6) is 1.32. The van der Waals surface area contributed by atoms with E-state index in [9.17, 15) is 20.2 Å². The lowest BCUT2D eigenvalue weighted by molar-refractivity contribution is -0.384. The summed E-state index contributed by atoms with van der Waals surface area (Å²) in [5, 5.41) is 24.7. The van der Waals surface area contributed by atoms with Gasteiger partial charge < -0.3 is 4.42 Å². The van der Waals surface area contributed by atoms with Gasteiger partial charge >= 0.3 is 0 Å². The van der Waals surface area contributed by atoms with Gasteiger partial charge in [-0.2, -0.15) is 10.4 Å². The first-order valence-electron chi connectivity index (χ1n) is 9.87. The number of nitrogens with one attached hydrogen (secondary N) is 2. The van der Waals surface area contributed by atoms with E-state index in [2.05, 4.69) is 20.5 Å². The molecule has 2 aromatic carbocycles. The Balaban J connectivity index is 1.61. The number of anilines is 1. The van der Waals surface area contributed by atoms with E-state index in [0.29, 0.717) is 16.9 Å². The van der Waals surface area contributed by atoms with Crippen molar-refractivity contribution < 1.29 is 9.34 Å². The Morgan fingerprint density at radius 1 is 1.24 bits per heavy atom. The van der Waals surface area contributed by atoms with Crippen molar-refractivity contribution in [2.45, 2.75) is 10.6 Å². The van der Waals surface area contributed by atoms with Gasteiger partial charge in [-0.1, -0.05) is 30.3 Å². The SMILES string of the molecule is N#Cc1c(-c2ccccc2)nc(NN=Cc2cc([N+](=O)[O-])ccc2SCc2ccco2)[nH]c1=O. The molecule has 0 saturated carbocycles. The van der Waals surface area contributed by atoms with Crippen LogP contribution in [-0.4, -0.2) is 21.1 Å². The zero-order valence-corrected chi connectivity index (χ0v) is 18.3. The van der Waals surface area contributed by atoms with Crippen LogP contribution >= 0.6 is 11.8 Å². The number of rotatable bonds is 8. The second-order valence-corrected chi connectivity index (χ2v) is 7.85. The molecule has 0 amide bonds. The molecule has 0 aliphatic carbocycles. The predicted octanol–water partition coefficient (Wildman–Crippen LogP) is 4.55. The highest BCUT2D eigenvalue weighted by molar-refractivity contribution is 7.98. The summed E-state index contributed by atoms with van der Waals surface area (Å²) < 4.78 is 5.33. The fourth-order valence-electron chi connectivity index (χ4n) is 3.02. The number of nitro groups is 1. The van der Waals surface area contributed by atoms with Gasteiger partial charge in [0, 0.05) is 28.2 Å². The van der Waals surface area contributed by atoms with Crippen LogP contribution in [0.1, 0.15) is 16.9 Å². The minimum atomic E-state index is -0.612. The zero-order chi connectivity index (χ0) is 23.9. The largest absolute Gasteiger partial charge is 0.468 e. The standard InChI is InChI=1S/C23H16N6O4S/c24-12-19-21(15-5-2-1-3-6-15)26-23(27-22(19)30)28-25-13-16-11-17(29(31)32)8-9-20(16)34-14-18-7-4-10-33-18/h1-11,13H,14H2,(H2,26,27,28,30). The lowest BCUT2D eigenvalue weighted by Gasteiger charge is -2.07. The van der Waals surface area contributed by atoms with Crippen LogP contribution in [0.4, 0.5) is 11.6 Å². The number of hydrogen-bond acceptors (Lipinski definition) is 9. The summed E-state index contributed by atoms with van der Waals surface area (Å²) >= 11 is 1.43. The van der Waals surface area contributed by atoms with Crippen molar-refractivity contribution in [1.82, 2.24) is 9.97 Å². The number of aromatic amines is 1. The van der Waals surface area contributed by atoms with Crippen LogP contribution in [0.5, 0.6) is 0 Å². The minimum Gasteiger partial charge on any atom is -0.468 e. The maximum absolute atomic E-state index is 12.4. The Bertz CT molecular complexity index is 1440. The third kappa shape index (κ3) is 5.20. The van der Waals surface area contributed by atoms with Gasteiger partial charge in [-0.25, -0.2) is 10.4 Å². The number of H-pyrrole nitrogens is 1. The summed E-state index contributed by atoms with van der Waals surface area (Å²) in [7, 11) is 0. The average molecular weight is 472 g/mol. The minimum absolute atomic E-state index is 0.0225. The molecule has 0 aliphatic rings. The number of aromatic nitrogens is 2. The molecule has 0 radical (unpaired) electrons. The molecule has 11 heteroatoms. The highest BCUT2D eigenvalue weighted by Gasteiger charge is 2.14. The fourth-order valence-corrected chi connectivity index (χ4v) is 3.93. The second kappa shape index (κ2) is 10.3. The van der Waals surface area contributed by atoms with Gasteiger partial charge in [0.05, 0.1) is 28.8 Å². The molecule has 0 bridgehead atoms. The number of furan rings is 1. The molecular weight excluding hydrogens is 456 g/mol. The highest BCUT2D eigenvalue weighted by atomic mass is 32.2. The first-order valence-corrected chi connectivity index (χ1v) is 10.9. The van der Waals surface area contributed by atoms with Crippen molar-refractivity contribution in [2.24, 2.45) is 5.10 Å². The number of hydrogen-bond donors (Lipinski definition) is 2. The Kier molecular flexibility index (Phi) is 6.81. The van der Waals surface area contributed by atoms with Crippen LogP contribution < -0.4 is 11.0 Å². The molecule has 34 heavy (non-hydrogen) atoms. The quantitative estimate of drug-likeness (QED) is 0.164. The smallest absolute Gasteiger partial charge is 0.270 e. The summed E-state index contributed by atoms with van der Waals surface area (Å²) in [6.07, 6.45) is 2.98. The van der Waals surface area contributed by atoms with Gasteiger partial charge in [0.1, 0.15) is 17.4 Å². The van der Waals surface area contributed by atoms with Crippen LogP contribution in [0.25, 0.3) is 11.3 Å². The monoisotopic (exact) mass is 472 g/mol. The van der Waals surface area contributed by atoms with E-state index in [1.165, 1.54) is 30.1 Å². The van der Waals surface area contributed by atoms with Crippen molar-refractivity contribution >= 4 is 29.6 Å². The molecule has 0 aliphatic heterocycles. The Labute approximate surface area is 197 Å². The van der Waals surface area contributed by atoms with Gasteiger partial charge in [-0.15, -0.1) is 11.8 Å². The summed E-state index contributed by atoms with van der Waals surface area (Å²) in [6.45, 7) is 0. The molecule has 2 aromatic heterocycles. The number of benzene rings is 2. The van der Waals surface area contributed by atoms with Crippen molar-refractivity contribution in [1.29, 1.82) is 5.26 Å². The van der Waals surface area contributed by atoms with Crippen LogP contribution in [-0.2, 0) is 5.75 Å². The summed E-state index contributed by atoms with van der Waals surface area (Å²) in [5.41, 5.74) is 3.15. The molecule has 168 valence electrons. The van der Waals surface area contributed by atoms with E-state index >= 15 is 0 Å². The van der Waals surface area contributed by atoms with Gasteiger partial charge in [-0.05, 0) is 18.2 Å². The van der Waals surface area contributed by atoms with Gasteiger partial charge in [0.25, 0.3) is 11.2 Å². The molecule has 4 aromatic rings. The molecule has 0 spiro atoms. The Morgan fingerprint density at radius 2 is 2.06 bits per heavy atom. The van der Waals surface area contributed by atoms with E-state index in [1.807, 2.05) is 18.2 Å². The third-order valence-corrected chi connectivity index (χ3v) is 5.72. The first kappa shape index (κ1) is 22.5. The van der Waals surface area contributed by atoms with Crippen LogP contribution in [0, 0.1) is 21.4 Å². The second-order valence-electron chi connectivity index (χ2n) is 6.83. The lowest BCUT2D eigenvalue weighted by Crippen LogP contribution is -2.16. The van der Waals surface area contributed by atoms with E-state index in [0.717, 1.165) is 10.7 Å². The number of thioether (sulfide) groups is 1. The molecule has 4 rings (SSSR count). The van der Waals surface area contributed by atoms with Gasteiger partial charge in [-0.3, -0.25) is 19.9 Å². The zero-order valence-electron chi connectivity index (χ0n) is 17.5. The summed E-state index contributed by atoms with van der Waals surface area (Å²) in [6, 6.07) is 18.8. The van der Waals surface area contributed by atoms with Gasteiger partial charge in [0.15, 0.2) is 0 Å². The Morgan fingerprint density at radius 3 is 2.76 bits per heavy atom. The average Bonchev–Trinajstić information content (AvgIpc) is 3.37. The number of nitrogens with zero attached hydrogens (tertiary/aromatic N) is 4. The molecule has 2 N–H and O–H groups in total. The van der Waals surface area contributed by atoms with Crippen molar-refractivity contribution in [3.05, 3.63) is 104 Å². The van der Waals surface area contributed by atoms with Crippen molar-refractivity contribution in [3.63, 3.8) is 0 Å². The van der Waals surface area contributed by atoms with E-state index in [1.54, 1.807) is 42.7 Å². The fraction of sp³-hybridized carbons (Fsp3) is 0.0435. The van der Waals surface area contributed by atoms with E-state index in [-0.39, 0.29) is 22.9 Å². The molecule has 0 fully saturated rings. The maximum Gasteiger partial charge on any atom is 0.270 e. The molecule has 0 unspecified atom stereocenters.